The molecule has 1 fully saturated rings. The average molecular weight is 224 g/mol. The maximum atomic E-state index is 10.6. The van der Waals surface area contributed by atoms with Crippen LogP contribution < -0.4 is 0 Å². The third-order valence-electron chi connectivity index (χ3n) is 2.91. The molecule has 0 aromatic carbocycles. The fourth-order valence-corrected chi connectivity index (χ4v) is 2.00. The summed E-state index contributed by atoms with van der Waals surface area (Å²) < 4.78 is 10.8. The number of aromatic carboxylic acids is 1. The van der Waals surface area contributed by atoms with Crippen molar-refractivity contribution >= 4 is 5.97 Å². The van der Waals surface area contributed by atoms with Crippen molar-refractivity contribution in [2.75, 3.05) is 0 Å². The summed E-state index contributed by atoms with van der Waals surface area (Å²) in [4.78, 5) is 10.6. The lowest BCUT2D eigenvalue weighted by Gasteiger charge is -2.21. The first-order valence-electron chi connectivity index (χ1n) is 5.68. The molecule has 1 heterocycles. The van der Waals surface area contributed by atoms with Crippen LogP contribution in [0.15, 0.2) is 16.7 Å². The minimum absolute atomic E-state index is 0.183. The fraction of sp³-hybridized carbons (Fsp3) is 0.583. The van der Waals surface area contributed by atoms with Crippen LogP contribution in [0.1, 0.15) is 48.2 Å². The monoisotopic (exact) mass is 224 g/mol. The van der Waals surface area contributed by atoms with Gasteiger partial charge in [-0.3, -0.25) is 0 Å². The summed E-state index contributed by atoms with van der Waals surface area (Å²) in [5.74, 6) is -0.379. The maximum Gasteiger partial charge on any atom is 0.338 e. The van der Waals surface area contributed by atoms with Crippen molar-refractivity contribution in [2.45, 2.75) is 44.8 Å². The summed E-state index contributed by atoms with van der Waals surface area (Å²) in [6, 6.07) is 1.52. The van der Waals surface area contributed by atoms with Gasteiger partial charge in [-0.25, -0.2) is 4.79 Å². The van der Waals surface area contributed by atoms with E-state index in [1.807, 2.05) is 0 Å². The highest BCUT2D eigenvalue weighted by molar-refractivity contribution is 5.87. The predicted octanol–water partition coefficient (Wildman–Crippen LogP) is 2.83. The molecule has 0 amide bonds. The molecule has 0 spiro atoms. The topological polar surface area (TPSA) is 59.7 Å². The molecule has 88 valence electrons. The van der Waals surface area contributed by atoms with E-state index in [1.165, 1.54) is 31.6 Å². The number of ether oxygens (including phenoxy) is 1. The van der Waals surface area contributed by atoms with E-state index in [9.17, 15) is 4.79 Å². The van der Waals surface area contributed by atoms with Gasteiger partial charge in [0.1, 0.15) is 18.6 Å². The number of carboxylic acid groups (broad SMARTS) is 1. The molecule has 1 aromatic heterocycles. The van der Waals surface area contributed by atoms with E-state index in [-0.39, 0.29) is 5.56 Å². The third kappa shape index (κ3) is 2.85. The van der Waals surface area contributed by atoms with Crippen LogP contribution in [0.25, 0.3) is 0 Å². The van der Waals surface area contributed by atoms with Gasteiger partial charge in [-0.15, -0.1) is 0 Å². The fourth-order valence-electron chi connectivity index (χ4n) is 2.00. The first kappa shape index (κ1) is 11.2. The molecule has 0 radical (unpaired) electrons. The quantitative estimate of drug-likeness (QED) is 0.854. The van der Waals surface area contributed by atoms with E-state index in [4.69, 9.17) is 14.3 Å². The van der Waals surface area contributed by atoms with Crippen LogP contribution in [-0.2, 0) is 11.3 Å². The van der Waals surface area contributed by atoms with Gasteiger partial charge in [-0.2, -0.15) is 0 Å². The van der Waals surface area contributed by atoms with Crippen molar-refractivity contribution in [3.8, 4) is 0 Å². The van der Waals surface area contributed by atoms with E-state index in [2.05, 4.69) is 0 Å². The van der Waals surface area contributed by atoms with Crippen LogP contribution in [0, 0.1) is 0 Å². The number of carboxylic acids is 1. The van der Waals surface area contributed by atoms with Crippen LogP contribution in [0.2, 0.25) is 0 Å². The van der Waals surface area contributed by atoms with Crippen molar-refractivity contribution in [2.24, 2.45) is 0 Å². The van der Waals surface area contributed by atoms with Gasteiger partial charge < -0.3 is 14.3 Å². The number of hydrogen-bond acceptors (Lipinski definition) is 3. The molecule has 1 saturated carbocycles. The molecule has 0 atom stereocenters. The van der Waals surface area contributed by atoms with Gasteiger partial charge in [0.05, 0.1) is 11.7 Å². The van der Waals surface area contributed by atoms with Crippen molar-refractivity contribution in [3.63, 3.8) is 0 Å². The van der Waals surface area contributed by atoms with E-state index in [0.29, 0.717) is 18.5 Å². The van der Waals surface area contributed by atoms with Crippen LogP contribution in [0.3, 0.4) is 0 Å². The molecule has 2 rings (SSSR count). The van der Waals surface area contributed by atoms with Crippen LogP contribution in [0.4, 0.5) is 0 Å². The highest BCUT2D eigenvalue weighted by Gasteiger charge is 2.15. The molecule has 4 nitrogen and oxygen atoms in total. The molecule has 1 aliphatic carbocycles. The normalized spacial score (nSPS) is 17.5. The summed E-state index contributed by atoms with van der Waals surface area (Å²) in [5.41, 5.74) is 0.183. The summed E-state index contributed by atoms with van der Waals surface area (Å²) in [6.45, 7) is 0.373. The summed E-state index contributed by atoms with van der Waals surface area (Å²) in [5, 5.41) is 8.71. The van der Waals surface area contributed by atoms with Gasteiger partial charge in [0.15, 0.2) is 0 Å². The van der Waals surface area contributed by atoms with Crippen molar-refractivity contribution < 1.29 is 19.1 Å². The zero-order chi connectivity index (χ0) is 11.4. The molecule has 1 aromatic rings. The van der Waals surface area contributed by atoms with E-state index in [1.54, 1.807) is 0 Å². The van der Waals surface area contributed by atoms with Gasteiger partial charge in [-0.05, 0) is 18.9 Å². The molecular formula is C12H16O4. The molecule has 0 bridgehead atoms. The maximum absolute atomic E-state index is 10.6. The Hall–Kier alpha value is -1.29. The number of furan rings is 1. The first-order chi connectivity index (χ1) is 7.75. The van der Waals surface area contributed by atoms with Crippen LogP contribution in [-0.4, -0.2) is 17.2 Å². The van der Waals surface area contributed by atoms with Crippen molar-refractivity contribution in [1.29, 1.82) is 0 Å². The molecule has 4 heteroatoms. The summed E-state index contributed by atoms with van der Waals surface area (Å²) in [7, 11) is 0. The molecule has 16 heavy (non-hydrogen) atoms. The van der Waals surface area contributed by atoms with Gasteiger partial charge >= 0.3 is 5.97 Å². The van der Waals surface area contributed by atoms with Gasteiger partial charge in [0.2, 0.25) is 0 Å². The predicted molar refractivity (Wildman–Crippen MR) is 57.3 cm³/mol. The second-order valence-corrected chi connectivity index (χ2v) is 4.18. The molecule has 1 aliphatic rings. The van der Waals surface area contributed by atoms with Crippen LogP contribution in [0.5, 0.6) is 0 Å². The largest absolute Gasteiger partial charge is 0.478 e. The van der Waals surface area contributed by atoms with E-state index in [0.717, 1.165) is 12.8 Å². The lowest BCUT2D eigenvalue weighted by molar-refractivity contribution is 0.00877. The SMILES string of the molecule is O=C(O)c1coc(COC2CCCCC2)c1. The Balaban J connectivity index is 1.81. The standard InChI is InChI=1S/C12H16O4/c13-12(14)9-6-11(15-7-9)8-16-10-4-2-1-3-5-10/h6-7,10H,1-5,8H2,(H,13,14). The number of rotatable bonds is 4. The Kier molecular flexibility index (Phi) is 3.62. The lowest BCUT2D eigenvalue weighted by atomic mass is 9.98. The third-order valence-corrected chi connectivity index (χ3v) is 2.91. The highest BCUT2D eigenvalue weighted by Crippen LogP contribution is 2.21. The minimum atomic E-state index is -0.965. The Labute approximate surface area is 94.2 Å². The average Bonchev–Trinajstić information content (AvgIpc) is 2.76. The molecule has 0 unspecified atom stereocenters. The number of carbonyl (C=O) groups is 1. The van der Waals surface area contributed by atoms with Crippen molar-refractivity contribution in [3.05, 3.63) is 23.7 Å². The Morgan fingerprint density at radius 3 is 2.81 bits per heavy atom. The molecule has 0 saturated heterocycles. The Morgan fingerprint density at radius 1 is 1.44 bits per heavy atom. The second-order valence-electron chi connectivity index (χ2n) is 4.18. The zero-order valence-electron chi connectivity index (χ0n) is 9.15. The molecule has 1 N–H and O–H groups in total. The second kappa shape index (κ2) is 5.16. The first-order valence-corrected chi connectivity index (χ1v) is 5.68. The Morgan fingerprint density at radius 2 is 2.19 bits per heavy atom. The van der Waals surface area contributed by atoms with Gasteiger partial charge in [-0.1, -0.05) is 19.3 Å². The zero-order valence-corrected chi connectivity index (χ0v) is 9.15. The minimum Gasteiger partial charge on any atom is -0.478 e. The summed E-state index contributed by atoms with van der Waals surface area (Å²) in [6.07, 6.45) is 7.52. The van der Waals surface area contributed by atoms with E-state index >= 15 is 0 Å². The van der Waals surface area contributed by atoms with Gasteiger partial charge in [0, 0.05) is 0 Å². The molecule has 0 aliphatic heterocycles. The summed E-state index contributed by atoms with van der Waals surface area (Å²) >= 11 is 0. The lowest BCUT2D eigenvalue weighted by Crippen LogP contribution is -2.16. The molecular weight excluding hydrogens is 208 g/mol. The Bertz CT molecular complexity index is 350. The van der Waals surface area contributed by atoms with Crippen molar-refractivity contribution in [1.82, 2.24) is 0 Å². The van der Waals surface area contributed by atoms with E-state index < -0.39 is 5.97 Å². The number of hydrogen-bond donors (Lipinski definition) is 1. The van der Waals surface area contributed by atoms with Crippen LogP contribution >= 0.6 is 0 Å². The highest BCUT2D eigenvalue weighted by atomic mass is 16.5. The van der Waals surface area contributed by atoms with Gasteiger partial charge in [0.25, 0.3) is 0 Å². The smallest absolute Gasteiger partial charge is 0.338 e.